The summed E-state index contributed by atoms with van der Waals surface area (Å²) in [4.78, 5) is 2.54. The minimum absolute atomic E-state index is 0.638. The Labute approximate surface area is 81.4 Å². The number of methoxy groups -OCH3 is 1. The highest BCUT2D eigenvalue weighted by molar-refractivity contribution is 4.78. The lowest BCUT2D eigenvalue weighted by molar-refractivity contribution is 0.116. The van der Waals surface area contributed by atoms with Gasteiger partial charge in [0.05, 0.1) is 0 Å². The minimum Gasteiger partial charge on any atom is -0.385 e. The summed E-state index contributed by atoms with van der Waals surface area (Å²) in [5.74, 6) is 0. The Morgan fingerprint density at radius 3 is 3.00 bits per heavy atom. The average Bonchev–Trinajstić information content (AvgIpc) is 2.14. The molecule has 0 bridgehead atoms. The largest absolute Gasteiger partial charge is 0.385 e. The van der Waals surface area contributed by atoms with Crippen molar-refractivity contribution in [3.05, 3.63) is 0 Å². The van der Waals surface area contributed by atoms with Gasteiger partial charge in [-0.25, -0.2) is 0 Å². The molecule has 13 heavy (non-hydrogen) atoms. The van der Waals surface area contributed by atoms with Gasteiger partial charge in [-0.15, -0.1) is 0 Å². The summed E-state index contributed by atoms with van der Waals surface area (Å²) in [5, 5.41) is 3.45. The van der Waals surface area contributed by atoms with E-state index in [-0.39, 0.29) is 0 Å². The first-order chi connectivity index (χ1) is 6.24. The van der Waals surface area contributed by atoms with E-state index in [2.05, 4.69) is 24.1 Å². The lowest BCUT2D eigenvalue weighted by Crippen LogP contribution is -2.52. The van der Waals surface area contributed by atoms with E-state index >= 15 is 0 Å². The van der Waals surface area contributed by atoms with Crippen molar-refractivity contribution in [3.8, 4) is 0 Å². The van der Waals surface area contributed by atoms with Crippen LogP contribution in [0.3, 0.4) is 0 Å². The normalized spacial score (nSPS) is 27.5. The number of hydrogen-bond acceptors (Lipinski definition) is 3. The maximum Gasteiger partial charge on any atom is 0.0477 e. The van der Waals surface area contributed by atoms with Gasteiger partial charge in [0.15, 0.2) is 0 Å². The molecule has 0 aromatic rings. The quantitative estimate of drug-likeness (QED) is 0.699. The van der Waals surface area contributed by atoms with Crippen molar-refractivity contribution in [1.82, 2.24) is 10.2 Å². The van der Waals surface area contributed by atoms with Crippen LogP contribution in [0.25, 0.3) is 0 Å². The highest BCUT2D eigenvalue weighted by atomic mass is 16.5. The maximum atomic E-state index is 5.09. The fourth-order valence-electron chi connectivity index (χ4n) is 1.83. The lowest BCUT2D eigenvalue weighted by atomic mass is 10.1. The molecule has 1 aliphatic heterocycles. The first kappa shape index (κ1) is 11.0. The van der Waals surface area contributed by atoms with E-state index in [0.717, 1.165) is 19.6 Å². The molecule has 0 aromatic heterocycles. The van der Waals surface area contributed by atoms with E-state index in [1.807, 2.05) is 0 Å². The van der Waals surface area contributed by atoms with E-state index in [9.17, 15) is 0 Å². The molecule has 0 spiro atoms. The van der Waals surface area contributed by atoms with Crippen LogP contribution in [0, 0.1) is 0 Å². The molecule has 3 heteroatoms. The standard InChI is InChI=1S/C10H22N2O/c1-9-8-12(6-5-11-9)10(2)4-7-13-3/h9-11H,4-8H2,1-3H3. The molecule has 0 saturated carbocycles. The fraction of sp³-hybridized carbons (Fsp3) is 1.00. The molecule has 1 fully saturated rings. The summed E-state index contributed by atoms with van der Waals surface area (Å²) >= 11 is 0. The third-order valence-corrected chi connectivity index (χ3v) is 2.76. The van der Waals surface area contributed by atoms with Gasteiger partial charge in [0, 0.05) is 45.4 Å². The van der Waals surface area contributed by atoms with Gasteiger partial charge in [-0.3, -0.25) is 4.90 Å². The van der Waals surface area contributed by atoms with Crippen molar-refractivity contribution in [3.63, 3.8) is 0 Å². The van der Waals surface area contributed by atoms with Gasteiger partial charge < -0.3 is 10.1 Å². The third kappa shape index (κ3) is 3.63. The molecule has 1 saturated heterocycles. The highest BCUT2D eigenvalue weighted by Gasteiger charge is 2.19. The molecule has 0 aromatic carbocycles. The van der Waals surface area contributed by atoms with Gasteiger partial charge in [0.25, 0.3) is 0 Å². The Bertz CT molecular complexity index is 141. The molecule has 78 valence electrons. The van der Waals surface area contributed by atoms with Crippen LogP contribution >= 0.6 is 0 Å². The van der Waals surface area contributed by atoms with Crippen LogP contribution in [0.5, 0.6) is 0 Å². The van der Waals surface area contributed by atoms with E-state index in [4.69, 9.17) is 4.74 Å². The third-order valence-electron chi connectivity index (χ3n) is 2.76. The van der Waals surface area contributed by atoms with Crippen LogP contribution in [0.4, 0.5) is 0 Å². The zero-order valence-corrected chi connectivity index (χ0v) is 9.05. The number of nitrogens with one attached hydrogen (secondary N) is 1. The van der Waals surface area contributed by atoms with Crippen molar-refractivity contribution < 1.29 is 4.74 Å². The number of rotatable bonds is 4. The van der Waals surface area contributed by atoms with Crippen molar-refractivity contribution in [2.75, 3.05) is 33.4 Å². The molecule has 0 aliphatic carbocycles. The van der Waals surface area contributed by atoms with Crippen LogP contribution < -0.4 is 5.32 Å². The van der Waals surface area contributed by atoms with Crippen LogP contribution in [0.1, 0.15) is 20.3 Å². The number of piperazine rings is 1. The molecule has 3 nitrogen and oxygen atoms in total. The smallest absolute Gasteiger partial charge is 0.0477 e. The summed E-state index contributed by atoms with van der Waals surface area (Å²) < 4.78 is 5.09. The predicted molar refractivity (Wildman–Crippen MR) is 55.0 cm³/mol. The number of hydrogen-bond donors (Lipinski definition) is 1. The van der Waals surface area contributed by atoms with Gasteiger partial charge in [-0.2, -0.15) is 0 Å². The van der Waals surface area contributed by atoms with Crippen molar-refractivity contribution in [2.45, 2.75) is 32.4 Å². The molecule has 2 atom stereocenters. The molecule has 1 aliphatic rings. The van der Waals surface area contributed by atoms with Gasteiger partial charge in [0.2, 0.25) is 0 Å². The van der Waals surface area contributed by atoms with Crippen molar-refractivity contribution in [1.29, 1.82) is 0 Å². The second-order valence-corrected chi connectivity index (χ2v) is 3.98. The van der Waals surface area contributed by atoms with Crippen LogP contribution in [-0.4, -0.2) is 50.3 Å². The first-order valence-electron chi connectivity index (χ1n) is 5.20. The van der Waals surface area contributed by atoms with E-state index in [0.29, 0.717) is 12.1 Å². The van der Waals surface area contributed by atoms with Crippen molar-refractivity contribution in [2.24, 2.45) is 0 Å². The van der Waals surface area contributed by atoms with Crippen LogP contribution in [-0.2, 0) is 4.74 Å². The van der Waals surface area contributed by atoms with Gasteiger partial charge in [0.1, 0.15) is 0 Å². The Morgan fingerprint density at radius 2 is 2.38 bits per heavy atom. The summed E-state index contributed by atoms with van der Waals surface area (Å²) in [7, 11) is 1.77. The predicted octanol–water partition coefficient (Wildman–Crippen LogP) is 0.705. The van der Waals surface area contributed by atoms with Gasteiger partial charge >= 0.3 is 0 Å². The molecule has 1 heterocycles. The molecule has 2 unspecified atom stereocenters. The maximum absolute atomic E-state index is 5.09. The Kier molecular flexibility index (Phi) is 4.70. The van der Waals surface area contributed by atoms with Crippen molar-refractivity contribution >= 4 is 0 Å². The SMILES string of the molecule is COCCC(C)N1CCNC(C)C1. The zero-order valence-electron chi connectivity index (χ0n) is 9.05. The van der Waals surface area contributed by atoms with E-state index in [1.54, 1.807) is 7.11 Å². The van der Waals surface area contributed by atoms with Gasteiger partial charge in [-0.1, -0.05) is 0 Å². The molecule has 0 radical (unpaired) electrons. The molecular weight excluding hydrogens is 164 g/mol. The summed E-state index contributed by atoms with van der Waals surface area (Å²) in [5.41, 5.74) is 0. The molecular formula is C10H22N2O. The second-order valence-electron chi connectivity index (χ2n) is 3.98. The number of ether oxygens (including phenoxy) is 1. The Balaban J connectivity index is 2.24. The minimum atomic E-state index is 0.638. The average molecular weight is 186 g/mol. The Hall–Kier alpha value is -0.120. The number of nitrogens with zero attached hydrogens (tertiary/aromatic N) is 1. The zero-order chi connectivity index (χ0) is 9.68. The highest BCUT2D eigenvalue weighted by Crippen LogP contribution is 2.07. The molecule has 0 amide bonds. The summed E-state index contributed by atoms with van der Waals surface area (Å²) in [6.45, 7) is 8.88. The second kappa shape index (κ2) is 5.58. The summed E-state index contributed by atoms with van der Waals surface area (Å²) in [6.07, 6.45) is 1.14. The van der Waals surface area contributed by atoms with E-state index < -0.39 is 0 Å². The topological polar surface area (TPSA) is 24.5 Å². The lowest BCUT2D eigenvalue weighted by Gasteiger charge is -2.36. The summed E-state index contributed by atoms with van der Waals surface area (Å²) in [6, 6.07) is 1.29. The Morgan fingerprint density at radius 1 is 1.62 bits per heavy atom. The van der Waals surface area contributed by atoms with E-state index in [1.165, 1.54) is 13.1 Å². The van der Waals surface area contributed by atoms with Crippen LogP contribution in [0.15, 0.2) is 0 Å². The molecule has 1 N–H and O–H groups in total. The van der Waals surface area contributed by atoms with Crippen LogP contribution in [0.2, 0.25) is 0 Å². The van der Waals surface area contributed by atoms with Gasteiger partial charge in [-0.05, 0) is 20.3 Å². The monoisotopic (exact) mass is 186 g/mol. The first-order valence-corrected chi connectivity index (χ1v) is 5.20. The molecule has 1 rings (SSSR count). The fourth-order valence-corrected chi connectivity index (χ4v) is 1.83.